The first kappa shape index (κ1) is 16.6. The van der Waals surface area contributed by atoms with Crippen LogP contribution in [0.25, 0.3) is 0 Å². The summed E-state index contributed by atoms with van der Waals surface area (Å²) < 4.78 is 49.3. The van der Waals surface area contributed by atoms with E-state index in [4.69, 9.17) is 9.47 Å². The predicted octanol–water partition coefficient (Wildman–Crippen LogP) is 1.32. The van der Waals surface area contributed by atoms with Gasteiger partial charge >= 0.3 is 6.18 Å². The van der Waals surface area contributed by atoms with Crippen molar-refractivity contribution in [2.75, 3.05) is 32.9 Å². The zero-order valence-corrected chi connectivity index (χ0v) is 13.5. The summed E-state index contributed by atoms with van der Waals surface area (Å²) in [6.45, 7) is 0.0240. The van der Waals surface area contributed by atoms with Crippen molar-refractivity contribution in [2.45, 2.75) is 50.0 Å². The van der Waals surface area contributed by atoms with E-state index >= 15 is 0 Å². The third kappa shape index (κ3) is 2.63. The Balaban J connectivity index is 1.43. The normalized spacial score (nSPS) is 38.3. The number of carbonyl (C=O) groups excluding carboxylic acids is 1. The van der Waals surface area contributed by atoms with Crippen molar-refractivity contribution in [3.8, 4) is 0 Å². The predicted molar refractivity (Wildman–Crippen MR) is 78.3 cm³/mol. The lowest BCUT2D eigenvalue weighted by Crippen LogP contribution is -2.73. The van der Waals surface area contributed by atoms with Crippen LogP contribution in [-0.4, -0.2) is 68.1 Å². The number of morpholine rings is 1. The Hall–Kier alpha value is -0.860. The molecule has 1 spiro atoms. The fourth-order valence-electron chi connectivity index (χ4n) is 5.00. The molecule has 2 aliphatic carbocycles. The molecular formula is C16H23F3N2O3. The second-order valence-electron chi connectivity index (χ2n) is 7.49. The quantitative estimate of drug-likeness (QED) is 0.836. The van der Waals surface area contributed by atoms with E-state index in [1.165, 1.54) is 4.90 Å². The molecule has 1 N–H and O–H groups in total. The maximum absolute atomic E-state index is 12.7. The fourth-order valence-corrected chi connectivity index (χ4v) is 5.00. The fraction of sp³-hybridized carbons (Fsp3) is 0.938. The number of ether oxygens (including phenoxy) is 2. The molecular weight excluding hydrogens is 325 g/mol. The molecule has 2 aliphatic heterocycles. The van der Waals surface area contributed by atoms with E-state index in [2.05, 4.69) is 5.32 Å². The smallest absolute Gasteiger partial charge is 0.378 e. The molecule has 4 fully saturated rings. The summed E-state index contributed by atoms with van der Waals surface area (Å²) in [6, 6.07) is -0.820. The summed E-state index contributed by atoms with van der Waals surface area (Å²) in [5.41, 5.74) is 0.0290. The molecule has 4 aliphatic rings. The average Bonchev–Trinajstić information content (AvgIpc) is 2.87. The topological polar surface area (TPSA) is 50.8 Å². The number of halogens is 3. The highest BCUT2D eigenvalue weighted by molar-refractivity contribution is 5.82. The first-order chi connectivity index (χ1) is 11.4. The number of rotatable bonds is 3. The molecule has 2 saturated heterocycles. The number of nitrogens with zero attached hydrogens (tertiary/aromatic N) is 1. The largest absolute Gasteiger partial charge is 0.401 e. The number of hydrogen-bond donors (Lipinski definition) is 1. The van der Waals surface area contributed by atoms with Crippen LogP contribution < -0.4 is 5.32 Å². The number of fused-ring (bicyclic) bond motifs is 2. The van der Waals surface area contributed by atoms with Gasteiger partial charge in [-0.05, 0) is 19.3 Å². The number of nitrogens with one attached hydrogen (secondary N) is 1. The van der Waals surface area contributed by atoms with Crippen LogP contribution in [0, 0.1) is 11.3 Å². The van der Waals surface area contributed by atoms with Gasteiger partial charge in [-0.15, -0.1) is 0 Å². The van der Waals surface area contributed by atoms with Gasteiger partial charge < -0.3 is 14.8 Å². The average molecular weight is 348 g/mol. The molecule has 8 heteroatoms. The molecule has 0 aromatic heterocycles. The summed E-state index contributed by atoms with van der Waals surface area (Å²) in [6.07, 6.45) is 0.0343. The molecule has 2 saturated carbocycles. The van der Waals surface area contributed by atoms with E-state index in [9.17, 15) is 18.0 Å². The van der Waals surface area contributed by atoms with Crippen molar-refractivity contribution >= 4 is 5.91 Å². The number of alkyl halides is 3. The van der Waals surface area contributed by atoms with Crippen molar-refractivity contribution in [2.24, 2.45) is 11.3 Å². The molecule has 4 rings (SSSR count). The van der Waals surface area contributed by atoms with Crippen LogP contribution in [-0.2, 0) is 14.3 Å². The summed E-state index contributed by atoms with van der Waals surface area (Å²) in [5.74, 6) is -0.0181. The lowest BCUT2D eigenvalue weighted by molar-refractivity contribution is -0.185. The van der Waals surface area contributed by atoms with Crippen molar-refractivity contribution in [1.82, 2.24) is 10.2 Å². The molecule has 0 aromatic rings. The van der Waals surface area contributed by atoms with Crippen LogP contribution >= 0.6 is 0 Å². The van der Waals surface area contributed by atoms with E-state index in [0.717, 1.165) is 32.3 Å². The SMILES string of the molecule is O=C(NC1C2CCOC2C12CCC2)C1COCCN1CC(F)(F)F. The van der Waals surface area contributed by atoms with Crippen LogP contribution in [0.2, 0.25) is 0 Å². The van der Waals surface area contributed by atoms with E-state index < -0.39 is 18.8 Å². The standard InChI is InChI=1S/C16H23F3N2O3/c17-16(18,19)9-21-5-7-23-8-11(21)14(22)20-12-10-2-6-24-13(10)15(12)3-1-4-15/h10-13H,1-9H2,(H,20,22). The molecule has 0 bridgehead atoms. The Morgan fingerprint density at radius 1 is 1.29 bits per heavy atom. The second-order valence-corrected chi connectivity index (χ2v) is 7.49. The monoisotopic (exact) mass is 348 g/mol. The van der Waals surface area contributed by atoms with E-state index in [-0.39, 0.29) is 43.2 Å². The Bertz CT molecular complexity index is 509. The van der Waals surface area contributed by atoms with Gasteiger partial charge in [-0.3, -0.25) is 9.69 Å². The third-order valence-corrected chi connectivity index (χ3v) is 6.26. The Morgan fingerprint density at radius 2 is 2.08 bits per heavy atom. The summed E-state index contributed by atoms with van der Waals surface area (Å²) in [4.78, 5) is 13.9. The van der Waals surface area contributed by atoms with Gasteiger partial charge in [0.05, 0.1) is 25.9 Å². The zero-order valence-electron chi connectivity index (χ0n) is 13.5. The highest BCUT2D eigenvalue weighted by atomic mass is 19.4. The molecule has 5 nitrogen and oxygen atoms in total. The van der Waals surface area contributed by atoms with Crippen LogP contribution in [0.15, 0.2) is 0 Å². The molecule has 0 radical (unpaired) electrons. The van der Waals surface area contributed by atoms with Gasteiger partial charge in [-0.2, -0.15) is 13.2 Å². The van der Waals surface area contributed by atoms with Crippen molar-refractivity contribution in [1.29, 1.82) is 0 Å². The van der Waals surface area contributed by atoms with Gasteiger partial charge in [0.1, 0.15) is 6.04 Å². The summed E-state index contributed by atoms with van der Waals surface area (Å²) >= 11 is 0. The van der Waals surface area contributed by atoms with Crippen LogP contribution in [0.4, 0.5) is 13.2 Å². The minimum atomic E-state index is -4.31. The first-order valence-electron chi connectivity index (χ1n) is 8.71. The maximum Gasteiger partial charge on any atom is 0.401 e. The van der Waals surface area contributed by atoms with E-state index in [1.54, 1.807) is 0 Å². The van der Waals surface area contributed by atoms with Crippen LogP contribution in [0.5, 0.6) is 0 Å². The Labute approximate surface area is 138 Å². The lowest BCUT2D eigenvalue weighted by Gasteiger charge is -2.63. The number of hydrogen-bond acceptors (Lipinski definition) is 4. The van der Waals surface area contributed by atoms with Gasteiger partial charge in [0.25, 0.3) is 0 Å². The van der Waals surface area contributed by atoms with Crippen molar-refractivity contribution in [3.63, 3.8) is 0 Å². The maximum atomic E-state index is 12.7. The molecule has 24 heavy (non-hydrogen) atoms. The van der Waals surface area contributed by atoms with Crippen molar-refractivity contribution < 1.29 is 27.4 Å². The molecule has 4 unspecified atom stereocenters. The second kappa shape index (κ2) is 5.85. The molecule has 0 aromatic carbocycles. The van der Waals surface area contributed by atoms with Crippen LogP contribution in [0.3, 0.4) is 0 Å². The molecule has 2 heterocycles. The van der Waals surface area contributed by atoms with Gasteiger partial charge in [-0.1, -0.05) is 6.42 Å². The third-order valence-electron chi connectivity index (χ3n) is 6.26. The van der Waals surface area contributed by atoms with Gasteiger partial charge in [0.2, 0.25) is 5.91 Å². The molecule has 136 valence electrons. The minimum absolute atomic E-state index is 0.0201. The number of carbonyl (C=O) groups is 1. The zero-order chi connectivity index (χ0) is 16.9. The summed E-state index contributed by atoms with van der Waals surface area (Å²) in [5, 5.41) is 3.06. The van der Waals surface area contributed by atoms with Gasteiger partial charge in [0, 0.05) is 30.5 Å². The number of amides is 1. The minimum Gasteiger partial charge on any atom is -0.378 e. The van der Waals surface area contributed by atoms with Crippen LogP contribution in [0.1, 0.15) is 25.7 Å². The van der Waals surface area contributed by atoms with Crippen molar-refractivity contribution in [3.05, 3.63) is 0 Å². The molecule has 4 atom stereocenters. The Morgan fingerprint density at radius 3 is 2.75 bits per heavy atom. The summed E-state index contributed by atoms with van der Waals surface area (Å²) in [7, 11) is 0. The van der Waals surface area contributed by atoms with E-state index in [0.29, 0.717) is 5.92 Å². The molecule has 1 amide bonds. The Kier molecular flexibility index (Phi) is 4.04. The highest BCUT2D eigenvalue weighted by Crippen LogP contribution is 2.62. The lowest BCUT2D eigenvalue weighted by atomic mass is 9.46. The van der Waals surface area contributed by atoms with E-state index in [1.807, 2.05) is 0 Å². The highest BCUT2D eigenvalue weighted by Gasteiger charge is 2.67. The van der Waals surface area contributed by atoms with Gasteiger partial charge in [-0.25, -0.2) is 0 Å². The van der Waals surface area contributed by atoms with Gasteiger partial charge in [0.15, 0.2) is 0 Å². The first-order valence-corrected chi connectivity index (χ1v) is 8.71.